The standard InChI is InChI=1S/C8H8N2O/c1-2-6-3-7(5-11)8(9)10-4-6/h2-5H,1H2,(H2,9,10). The monoisotopic (exact) mass is 148 g/mol. The molecule has 0 atom stereocenters. The largest absolute Gasteiger partial charge is 0.383 e. The van der Waals surface area contributed by atoms with E-state index in [1.807, 2.05) is 0 Å². The minimum atomic E-state index is 0.255. The van der Waals surface area contributed by atoms with Crippen molar-refractivity contribution in [2.75, 3.05) is 5.73 Å². The summed E-state index contributed by atoms with van der Waals surface area (Å²) in [5, 5.41) is 0. The van der Waals surface area contributed by atoms with E-state index in [4.69, 9.17) is 5.73 Å². The predicted octanol–water partition coefficient (Wildman–Crippen LogP) is 1.12. The summed E-state index contributed by atoms with van der Waals surface area (Å²) in [5.41, 5.74) is 6.58. The van der Waals surface area contributed by atoms with E-state index in [2.05, 4.69) is 11.6 Å². The van der Waals surface area contributed by atoms with Gasteiger partial charge in [-0.05, 0) is 11.6 Å². The van der Waals surface area contributed by atoms with Gasteiger partial charge in [0.15, 0.2) is 6.29 Å². The molecule has 56 valence electrons. The van der Waals surface area contributed by atoms with Crippen molar-refractivity contribution >= 4 is 18.2 Å². The van der Waals surface area contributed by atoms with E-state index < -0.39 is 0 Å². The summed E-state index contributed by atoms with van der Waals surface area (Å²) in [4.78, 5) is 14.1. The van der Waals surface area contributed by atoms with Crippen LogP contribution in [0.4, 0.5) is 5.82 Å². The van der Waals surface area contributed by atoms with Gasteiger partial charge in [0.2, 0.25) is 0 Å². The summed E-state index contributed by atoms with van der Waals surface area (Å²) in [5.74, 6) is 0.255. The molecule has 0 unspecified atom stereocenters. The van der Waals surface area contributed by atoms with Gasteiger partial charge in [-0.3, -0.25) is 4.79 Å². The molecule has 3 nitrogen and oxygen atoms in total. The fraction of sp³-hybridized carbons (Fsp3) is 0. The topological polar surface area (TPSA) is 56.0 Å². The third kappa shape index (κ3) is 1.43. The molecule has 11 heavy (non-hydrogen) atoms. The van der Waals surface area contributed by atoms with Gasteiger partial charge in [0.25, 0.3) is 0 Å². The highest BCUT2D eigenvalue weighted by Gasteiger charge is 1.97. The Bertz CT molecular complexity index is 294. The number of carbonyl (C=O) groups excluding carboxylic acids is 1. The first-order chi connectivity index (χ1) is 5.27. The molecule has 0 saturated carbocycles. The third-order valence-corrected chi connectivity index (χ3v) is 1.33. The zero-order chi connectivity index (χ0) is 8.27. The molecule has 0 saturated heterocycles. The summed E-state index contributed by atoms with van der Waals surface area (Å²) in [6.45, 7) is 3.54. The Morgan fingerprint density at radius 2 is 2.36 bits per heavy atom. The average Bonchev–Trinajstić information content (AvgIpc) is 2.05. The number of aldehydes is 1. The lowest BCUT2D eigenvalue weighted by molar-refractivity contribution is 0.112. The van der Waals surface area contributed by atoms with Crippen LogP contribution in [-0.4, -0.2) is 11.3 Å². The number of pyridine rings is 1. The van der Waals surface area contributed by atoms with Crippen molar-refractivity contribution in [3.05, 3.63) is 30.0 Å². The van der Waals surface area contributed by atoms with Gasteiger partial charge in [-0.1, -0.05) is 12.7 Å². The number of anilines is 1. The van der Waals surface area contributed by atoms with Gasteiger partial charge in [0.1, 0.15) is 5.82 Å². The molecule has 0 spiro atoms. The molecule has 1 aromatic heterocycles. The van der Waals surface area contributed by atoms with Crippen LogP contribution in [0.2, 0.25) is 0 Å². The third-order valence-electron chi connectivity index (χ3n) is 1.33. The van der Waals surface area contributed by atoms with Crippen molar-refractivity contribution in [3.8, 4) is 0 Å². The van der Waals surface area contributed by atoms with Crippen LogP contribution in [0.3, 0.4) is 0 Å². The Morgan fingerprint density at radius 3 is 2.91 bits per heavy atom. The number of carbonyl (C=O) groups is 1. The van der Waals surface area contributed by atoms with Crippen LogP contribution in [0, 0.1) is 0 Å². The van der Waals surface area contributed by atoms with Crippen molar-refractivity contribution < 1.29 is 4.79 Å². The molecule has 0 aliphatic carbocycles. The highest BCUT2D eigenvalue weighted by atomic mass is 16.1. The zero-order valence-corrected chi connectivity index (χ0v) is 5.95. The van der Waals surface area contributed by atoms with Crippen molar-refractivity contribution in [2.24, 2.45) is 0 Å². The second-order valence-electron chi connectivity index (χ2n) is 2.07. The van der Waals surface area contributed by atoms with Gasteiger partial charge < -0.3 is 5.73 Å². The number of nitrogen functional groups attached to an aromatic ring is 1. The summed E-state index contributed by atoms with van der Waals surface area (Å²) < 4.78 is 0. The van der Waals surface area contributed by atoms with Crippen LogP contribution in [0.5, 0.6) is 0 Å². The highest BCUT2D eigenvalue weighted by Crippen LogP contribution is 2.08. The van der Waals surface area contributed by atoms with Gasteiger partial charge in [-0.15, -0.1) is 0 Å². The van der Waals surface area contributed by atoms with Crippen LogP contribution in [0.1, 0.15) is 15.9 Å². The second-order valence-corrected chi connectivity index (χ2v) is 2.07. The van der Waals surface area contributed by atoms with Crippen LogP contribution < -0.4 is 5.73 Å². The van der Waals surface area contributed by atoms with E-state index in [-0.39, 0.29) is 5.82 Å². The number of nitrogens with zero attached hydrogens (tertiary/aromatic N) is 1. The molecule has 1 rings (SSSR count). The predicted molar refractivity (Wildman–Crippen MR) is 44.1 cm³/mol. The first-order valence-corrected chi connectivity index (χ1v) is 3.11. The first kappa shape index (κ1) is 7.47. The molecule has 0 aliphatic rings. The van der Waals surface area contributed by atoms with Crippen molar-refractivity contribution in [2.45, 2.75) is 0 Å². The van der Waals surface area contributed by atoms with E-state index in [0.717, 1.165) is 5.56 Å². The van der Waals surface area contributed by atoms with Gasteiger partial charge in [0, 0.05) is 6.20 Å². The molecular weight excluding hydrogens is 140 g/mol. The van der Waals surface area contributed by atoms with E-state index >= 15 is 0 Å². The Kier molecular flexibility index (Phi) is 2.01. The van der Waals surface area contributed by atoms with Gasteiger partial charge in [0.05, 0.1) is 5.56 Å². The lowest BCUT2D eigenvalue weighted by atomic mass is 10.2. The Balaban J connectivity index is 3.22. The molecule has 0 radical (unpaired) electrons. The molecule has 3 heteroatoms. The van der Waals surface area contributed by atoms with Crippen molar-refractivity contribution in [1.29, 1.82) is 0 Å². The zero-order valence-electron chi connectivity index (χ0n) is 5.95. The van der Waals surface area contributed by atoms with Gasteiger partial charge in [-0.25, -0.2) is 4.98 Å². The molecule has 0 bridgehead atoms. The summed E-state index contributed by atoms with van der Waals surface area (Å²) in [6.07, 6.45) is 3.85. The summed E-state index contributed by atoms with van der Waals surface area (Å²) >= 11 is 0. The quantitative estimate of drug-likeness (QED) is 0.639. The molecular formula is C8H8N2O. The van der Waals surface area contributed by atoms with Crippen molar-refractivity contribution in [1.82, 2.24) is 4.98 Å². The maximum Gasteiger partial charge on any atom is 0.153 e. The summed E-state index contributed by atoms with van der Waals surface area (Å²) in [6, 6.07) is 1.64. The van der Waals surface area contributed by atoms with Crippen LogP contribution in [-0.2, 0) is 0 Å². The summed E-state index contributed by atoms with van der Waals surface area (Å²) in [7, 11) is 0. The average molecular weight is 148 g/mol. The minimum Gasteiger partial charge on any atom is -0.383 e. The number of nitrogens with two attached hydrogens (primary N) is 1. The molecule has 0 fully saturated rings. The molecule has 0 aromatic carbocycles. The maximum absolute atomic E-state index is 10.3. The maximum atomic E-state index is 10.3. The first-order valence-electron chi connectivity index (χ1n) is 3.11. The second kappa shape index (κ2) is 2.96. The van der Waals surface area contributed by atoms with E-state index in [1.54, 1.807) is 18.3 Å². The fourth-order valence-electron chi connectivity index (χ4n) is 0.715. The number of hydrogen-bond donors (Lipinski definition) is 1. The lowest BCUT2D eigenvalue weighted by Crippen LogP contribution is -1.96. The molecule has 0 aliphatic heterocycles. The SMILES string of the molecule is C=Cc1cnc(N)c(C=O)c1. The minimum absolute atomic E-state index is 0.255. The van der Waals surface area contributed by atoms with Crippen molar-refractivity contribution in [3.63, 3.8) is 0 Å². The van der Waals surface area contributed by atoms with Crippen LogP contribution >= 0.6 is 0 Å². The normalized spacial score (nSPS) is 9.09. The smallest absolute Gasteiger partial charge is 0.153 e. The van der Waals surface area contributed by atoms with E-state index in [9.17, 15) is 4.79 Å². The van der Waals surface area contributed by atoms with Crippen LogP contribution in [0.25, 0.3) is 6.08 Å². The molecule has 0 amide bonds. The molecule has 2 N–H and O–H groups in total. The van der Waals surface area contributed by atoms with E-state index in [0.29, 0.717) is 11.8 Å². The number of rotatable bonds is 2. The molecule has 1 heterocycles. The van der Waals surface area contributed by atoms with Gasteiger partial charge in [-0.2, -0.15) is 0 Å². The Labute approximate surface area is 64.6 Å². The van der Waals surface area contributed by atoms with Gasteiger partial charge >= 0.3 is 0 Å². The highest BCUT2D eigenvalue weighted by molar-refractivity contribution is 5.82. The number of hydrogen-bond acceptors (Lipinski definition) is 3. The van der Waals surface area contributed by atoms with E-state index in [1.165, 1.54) is 0 Å². The molecule has 1 aromatic rings. The lowest BCUT2D eigenvalue weighted by Gasteiger charge is -1.97. The Morgan fingerprint density at radius 1 is 1.64 bits per heavy atom. The number of aromatic nitrogens is 1. The van der Waals surface area contributed by atoms with Crippen LogP contribution in [0.15, 0.2) is 18.8 Å². The Hall–Kier alpha value is -1.64. The fourth-order valence-corrected chi connectivity index (χ4v) is 0.715.